The van der Waals surface area contributed by atoms with E-state index in [1.165, 1.54) is 29.3 Å². The van der Waals surface area contributed by atoms with Crippen LogP contribution < -0.4 is 0 Å². The average Bonchev–Trinajstić information content (AvgIpc) is 3.03. The third kappa shape index (κ3) is 4.42. The van der Waals surface area contributed by atoms with Crippen molar-refractivity contribution in [2.24, 2.45) is 11.8 Å². The van der Waals surface area contributed by atoms with E-state index < -0.39 is 0 Å². The topological polar surface area (TPSA) is 59.2 Å². The number of amides is 1. The zero-order chi connectivity index (χ0) is 18.0. The van der Waals surface area contributed by atoms with E-state index in [4.69, 9.17) is 4.42 Å². The molecule has 25 heavy (non-hydrogen) atoms. The number of hydrogen-bond donors (Lipinski definition) is 0. The van der Waals surface area contributed by atoms with Gasteiger partial charge < -0.3 is 9.32 Å². The Labute approximate surface area is 153 Å². The monoisotopic (exact) mass is 359 g/mol. The quantitative estimate of drug-likeness (QED) is 0.774. The Morgan fingerprint density at radius 1 is 1.20 bits per heavy atom. The second kappa shape index (κ2) is 7.60. The lowest BCUT2D eigenvalue weighted by Crippen LogP contribution is -2.43. The lowest BCUT2D eigenvalue weighted by molar-refractivity contribution is -0.130. The average molecular weight is 359 g/mol. The maximum absolute atomic E-state index is 12.4. The van der Waals surface area contributed by atoms with E-state index in [-0.39, 0.29) is 5.91 Å². The van der Waals surface area contributed by atoms with Crippen molar-refractivity contribution in [3.8, 4) is 11.5 Å². The highest BCUT2D eigenvalue weighted by molar-refractivity contribution is 7.99. The summed E-state index contributed by atoms with van der Waals surface area (Å²) >= 11 is 1.32. The first-order chi connectivity index (χ1) is 11.9. The van der Waals surface area contributed by atoms with E-state index >= 15 is 0 Å². The number of aryl methyl sites for hydroxylation is 2. The van der Waals surface area contributed by atoms with E-state index in [0.29, 0.717) is 28.7 Å². The van der Waals surface area contributed by atoms with Gasteiger partial charge in [0.05, 0.1) is 5.75 Å². The van der Waals surface area contributed by atoms with Gasteiger partial charge in [0.1, 0.15) is 0 Å². The van der Waals surface area contributed by atoms with E-state index in [0.717, 1.165) is 18.7 Å². The van der Waals surface area contributed by atoms with Crippen molar-refractivity contribution < 1.29 is 9.21 Å². The maximum atomic E-state index is 12.4. The zero-order valence-electron chi connectivity index (χ0n) is 15.3. The molecule has 0 radical (unpaired) electrons. The molecule has 3 rings (SSSR count). The minimum atomic E-state index is 0.148. The van der Waals surface area contributed by atoms with E-state index in [1.54, 1.807) is 0 Å². The van der Waals surface area contributed by atoms with E-state index in [9.17, 15) is 4.79 Å². The van der Waals surface area contributed by atoms with Crippen LogP contribution in [0.1, 0.15) is 31.4 Å². The number of thioether (sulfide) groups is 1. The van der Waals surface area contributed by atoms with Gasteiger partial charge in [-0.15, -0.1) is 10.2 Å². The Morgan fingerprint density at radius 3 is 2.60 bits per heavy atom. The van der Waals surface area contributed by atoms with Crippen molar-refractivity contribution in [2.45, 2.75) is 39.3 Å². The predicted octanol–water partition coefficient (Wildman–Crippen LogP) is 3.95. The molecule has 1 aromatic heterocycles. The molecular formula is C19H25N3O2S. The van der Waals surface area contributed by atoms with Crippen LogP contribution in [0.4, 0.5) is 0 Å². The molecule has 0 aliphatic carbocycles. The van der Waals surface area contributed by atoms with Crippen molar-refractivity contribution in [3.63, 3.8) is 0 Å². The number of hydrogen-bond acceptors (Lipinski definition) is 5. The van der Waals surface area contributed by atoms with Crippen LogP contribution in [-0.4, -0.2) is 39.8 Å². The SMILES string of the molecule is Cc1ccc(-c2nnc(SCC(=O)N3C[C@H](C)C[C@H](C)C3)o2)cc1C. The maximum Gasteiger partial charge on any atom is 0.277 e. The molecule has 1 amide bonds. The minimum Gasteiger partial charge on any atom is -0.411 e. The Morgan fingerprint density at radius 2 is 1.92 bits per heavy atom. The molecule has 134 valence electrons. The number of rotatable bonds is 4. The van der Waals surface area contributed by atoms with Crippen LogP contribution in [0.15, 0.2) is 27.8 Å². The molecule has 5 nitrogen and oxygen atoms in total. The summed E-state index contributed by atoms with van der Waals surface area (Å²) < 4.78 is 5.71. The summed E-state index contributed by atoms with van der Waals surface area (Å²) in [5, 5.41) is 8.62. The van der Waals surface area contributed by atoms with Gasteiger partial charge in [-0.1, -0.05) is 31.7 Å². The number of nitrogens with zero attached hydrogens (tertiary/aromatic N) is 3. The van der Waals surface area contributed by atoms with Gasteiger partial charge in [-0.05, 0) is 55.4 Å². The van der Waals surface area contributed by atoms with Crippen LogP contribution in [0.2, 0.25) is 0 Å². The smallest absolute Gasteiger partial charge is 0.277 e. The highest BCUT2D eigenvalue weighted by Crippen LogP contribution is 2.26. The molecule has 0 saturated carbocycles. The van der Waals surface area contributed by atoms with Gasteiger partial charge in [0.15, 0.2) is 0 Å². The van der Waals surface area contributed by atoms with Gasteiger partial charge in [0.2, 0.25) is 11.8 Å². The lowest BCUT2D eigenvalue weighted by Gasteiger charge is -2.34. The third-order valence-corrected chi connectivity index (χ3v) is 5.50. The Kier molecular flexibility index (Phi) is 5.47. The van der Waals surface area contributed by atoms with Crippen molar-refractivity contribution in [1.82, 2.24) is 15.1 Å². The fourth-order valence-corrected chi connectivity index (χ4v) is 4.01. The summed E-state index contributed by atoms with van der Waals surface area (Å²) in [5.74, 6) is 2.12. The molecule has 1 aliphatic rings. The molecule has 0 unspecified atom stereocenters. The largest absolute Gasteiger partial charge is 0.411 e. The van der Waals surface area contributed by atoms with E-state index in [2.05, 4.69) is 37.9 Å². The molecule has 1 aromatic carbocycles. The summed E-state index contributed by atoms with van der Waals surface area (Å²) in [5.41, 5.74) is 3.33. The number of likely N-dealkylation sites (tertiary alicyclic amines) is 1. The summed E-state index contributed by atoms with van der Waals surface area (Å²) in [6.45, 7) is 10.2. The zero-order valence-corrected chi connectivity index (χ0v) is 16.1. The molecule has 0 spiro atoms. The Bertz CT molecular complexity index is 749. The molecule has 2 heterocycles. The predicted molar refractivity (Wildman–Crippen MR) is 99.5 cm³/mol. The fraction of sp³-hybridized carbons (Fsp3) is 0.526. The minimum absolute atomic E-state index is 0.148. The number of carbonyl (C=O) groups excluding carboxylic acids is 1. The first-order valence-electron chi connectivity index (χ1n) is 8.74. The number of aromatic nitrogens is 2. The molecule has 0 bridgehead atoms. The molecule has 1 aliphatic heterocycles. The van der Waals surface area contributed by atoms with Crippen LogP contribution in [0.5, 0.6) is 0 Å². The number of carbonyl (C=O) groups is 1. The van der Waals surface area contributed by atoms with Crippen LogP contribution in [0, 0.1) is 25.7 Å². The Balaban J connectivity index is 1.60. The summed E-state index contributed by atoms with van der Waals surface area (Å²) in [4.78, 5) is 14.4. The fourth-order valence-electron chi connectivity index (χ4n) is 3.34. The van der Waals surface area contributed by atoms with Gasteiger partial charge in [-0.2, -0.15) is 0 Å². The second-order valence-corrected chi connectivity index (χ2v) is 8.13. The molecule has 0 N–H and O–H groups in total. The summed E-state index contributed by atoms with van der Waals surface area (Å²) in [6, 6.07) is 6.06. The molecule has 2 atom stereocenters. The molecule has 6 heteroatoms. The standard InChI is InChI=1S/C19H25N3O2S/c1-12-7-13(2)10-22(9-12)17(23)11-25-19-21-20-18(24-19)16-6-5-14(3)15(4)8-16/h5-6,8,12-13H,7,9-11H2,1-4H3/t12-,13+. The first kappa shape index (κ1) is 18.0. The third-order valence-electron chi connectivity index (χ3n) is 4.70. The number of benzene rings is 1. The van der Waals surface area contributed by atoms with Gasteiger partial charge >= 0.3 is 0 Å². The van der Waals surface area contributed by atoms with Gasteiger partial charge in [-0.25, -0.2) is 0 Å². The van der Waals surface area contributed by atoms with Crippen molar-refractivity contribution in [2.75, 3.05) is 18.8 Å². The molecule has 1 fully saturated rings. The van der Waals surface area contributed by atoms with Gasteiger partial charge in [-0.3, -0.25) is 4.79 Å². The van der Waals surface area contributed by atoms with Crippen LogP contribution in [-0.2, 0) is 4.79 Å². The number of piperidine rings is 1. The van der Waals surface area contributed by atoms with Crippen LogP contribution >= 0.6 is 11.8 Å². The summed E-state index contributed by atoms with van der Waals surface area (Å²) in [7, 11) is 0. The van der Waals surface area contributed by atoms with Crippen molar-refractivity contribution in [3.05, 3.63) is 29.3 Å². The van der Waals surface area contributed by atoms with Gasteiger partial charge in [0, 0.05) is 18.7 Å². The lowest BCUT2D eigenvalue weighted by atomic mass is 9.92. The van der Waals surface area contributed by atoms with Crippen molar-refractivity contribution in [1.29, 1.82) is 0 Å². The van der Waals surface area contributed by atoms with Crippen molar-refractivity contribution >= 4 is 17.7 Å². The Hall–Kier alpha value is -1.82. The molecule has 1 saturated heterocycles. The normalized spacial score (nSPS) is 20.7. The summed E-state index contributed by atoms with van der Waals surface area (Å²) in [6.07, 6.45) is 1.19. The molecule has 2 aromatic rings. The van der Waals surface area contributed by atoms with E-state index in [1.807, 2.05) is 23.1 Å². The second-order valence-electron chi connectivity index (χ2n) is 7.21. The van der Waals surface area contributed by atoms with Gasteiger partial charge in [0.25, 0.3) is 5.22 Å². The van der Waals surface area contributed by atoms with Crippen LogP contribution in [0.25, 0.3) is 11.5 Å². The first-order valence-corrected chi connectivity index (χ1v) is 9.72. The molecular weight excluding hydrogens is 334 g/mol. The highest BCUT2D eigenvalue weighted by Gasteiger charge is 2.25. The van der Waals surface area contributed by atoms with Crippen LogP contribution in [0.3, 0.4) is 0 Å². The highest BCUT2D eigenvalue weighted by atomic mass is 32.2.